The van der Waals surface area contributed by atoms with Crippen molar-refractivity contribution >= 4 is 22.3 Å². The summed E-state index contributed by atoms with van der Waals surface area (Å²) in [4.78, 5) is 14.7. The number of nitro groups is 1. The Labute approximate surface area is 114 Å². The third-order valence-electron chi connectivity index (χ3n) is 3.01. The predicted molar refractivity (Wildman–Crippen MR) is 74.4 cm³/mol. The SMILES string of the molecule is O=[N+]([O-])c1cccc2c(NCc3ccoc3)ccnc12. The van der Waals surface area contributed by atoms with Gasteiger partial charge in [0.15, 0.2) is 0 Å². The number of benzene rings is 1. The van der Waals surface area contributed by atoms with Crippen LogP contribution >= 0.6 is 0 Å². The topological polar surface area (TPSA) is 81.2 Å². The number of pyridine rings is 1. The molecule has 0 unspecified atom stereocenters. The molecule has 6 nitrogen and oxygen atoms in total. The van der Waals surface area contributed by atoms with Crippen molar-refractivity contribution in [2.75, 3.05) is 5.32 Å². The highest BCUT2D eigenvalue weighted by Gasteiger charge is 2.14. The van der Waals surface area contributed by atoms with Crippen LogP contribution in [-0.4, -0.2) is 9.91 Å². The van der Waals surface area contributed by atoms with Crippen molar-refractivity contribution in [3.8, 4) is 0 Å². The Morgan fingerprint density at radius 3 is 2.95 bits per heavy atom. The number of hydrogen-bond donors (Lipinski definition) is 1. The molecule has 0 aliphatic rings. The fourth-order valence-electron chi connectivity index (χ4n) is 2.05. The minimum absolute atomic E-state index is 0.00876. The zero-order valence-corrected chi connectivity index (χ0v) is 10.4. The smallest absolute Gasteiger partial charge is 0.295 e. The first-order valence-electron chi connectivity index (χ1n) is 6.03. The van der Waals surface area contributed by atoms with Crippen molar-refractivity contribution in [2.45, 2.75) is 6.54 Å². The molecule has 0 spiro atoms. The largest absolute Gasteiger partial charge is 0.472 e. The number of nitrogens with one attached hydrogen (secondary N) is 1. The van der Waals surface area contributed by atoms with Crippen molar-refractivity contribution in [3.05, 3.63) is 64.7 Å². The van der Waals surface area contributed by atoms with Gasteiger partial charge in [-0.05, 0) is 12.1 Å². The minimum atomic E-state index is -0.421. The van der Waals surface area contributed by atoms with Gasteiger partial charge >= 0.3 is 0 Å². The van der Waals surface area contributed by atoms with Crippen LogP contribution in [0.15, 0.2) is 53.5 Å². The van der Waals surface area contributed by atoms with Crippen molar-refractivity contribution < 1.29 is 9.34 Å². The van der Waals surface area contributed by atoms with Crippen LogP contribution in [0.5, 0.6) is 0 Å². The lowest BCUT2D eigenvalue weighted by molar-refractivity contribution is -0.383. The molecule has 20 heavy (non-hydrogen) atoms. The van der Waals surface area contributed by atoms with Crippen LogP contribution in [-0.2, 0) is 6.54 Å². The average Bonchev–Trinajstić information content (AvgIpc) is 2.97. The normalized spacial score (nSPS) is 10.6. The molecule has 0 aliphatic heterocycles. The lowest BCUT2D eigenvalue weighted by atomic mass is 10.1. The second-order valence-electron chi connectivity index (χ2n) is 4.27. The number of para-hydroxylation sites is 1. The van der Waals surface area contributed by atoms with Gasteiger partial charge in [0, 0.05) is 35.4 Å². The summed E-state index contributed by atoms with van der Waals surface area (Å²) in [6.07, 6.45) is 4.82. The maximum atomic E-state index is 11.0. The molecule has 2 heterocycles. The van der Waals surface area contributed by atoms with E-state index in [1.165, 1.54) is 6.07 Å². The second-order valence-corrected chi connectivity index (χ2v) is 4.27. The van der Waals surface area contributed by atoms with Gasteiger partial charge in [-0.15, -0.1) is 0 Å². The molecule has 1 N–H and O–H groups in total. The molecule has 3 aromatic rings. The molecule has 100 valence electrons. The van der Waals surface area contributed by atoms with Gasteiger partial charge in [-0.25, -0.2) is 4.98 Å². The van der Waals surface area contributed by atoms with Crippen LogP contribution in [0.3, 0.4) is 0 Å². The van der Waals surface area contributed by atoms with Gasteiger partial charge in [-0.3, -0.25) is 10.1 Å². The third kappa shape index (κ3) is 2.18. The van der Waals surface area contributed by atoms with E-state index < -0.39 is 4.92 Å². The lowest BCUT2D eigenvalue weighted by Crippen LogP contribution is -2.00. The highest BCUT2D eigenvalue weighted by Crippen LogP contribution is 2.28. The second kappa shape index (κ2) is 5.00. The summed E-state index contributed by atoms with van der Waals surface area (Å²) in [5.41, 5.74) is 2.20. The maximum absolute atomic E-state index is 11.0. The number of rotatable bonds is 4. The Morgan fingerprint density at radius 2 is 2.20 bits per heavy atom. The summed E-state index contributed by atoms with van der Waals surface area (Å²) < 4.78 is 5.00. The van der Waals surface area contributed by atoms with Gasteiger partial charge in [0.1, 0.15) is 5.52 Å². The fourth-order valence-corrected chi connectivity index (χ4v) is 2.05. The molecular formula is C14H11N3O3. The monoisotopic (exact) mass is 269 g/mol. The average molecular weight is 269 g/mol. The third-order valence-corrected chi connectivity index (χ3v) is 3.01. The van der Waals surface area contributed by atoms with Gasteiger partial charge < -0.3 is 9.73 Å². The summed E-state index contributed by atoms with van der Waals surface area (Å²) in [5, 5.41) is 15.0. The summed E-state index contributed by atoms with van der Waals surface area (Å²) in [5.74, 6) is 0. The molecule has 0 saturated carbocycles. The molecule has 0 radical (unpaired) electrons. The van der Waals surface area contributed by atoms with Crippen LogP contribution in [0.1, 0.15) is 5.56 Å². The van der Waals surface area contributed by atoms with E-state index in [0.717, 1.165) is 16.6 Å². The van der Waals surface area contributed by atoms with E-state index >= 15 is 0 Å². The molecule has 0 amide bonds. The van der Waals surface area contributed by atoms with E-state index in [4.69, 9.17) is 4.42 Å². The van der Waals surface area contributed by atoms with Crippen LogP contribution in [0.25, 0.3) is 10.9 Å². The quantitative estimate of drug-likeness (QED) is 0.580. The first-order valence-corrected chi connectivity index (χ1v) is 6.03. The Hall–Kier alpha value is -2.89. The molecule has 0 fully saturated rings. The van der Waals surface area contributed by atoms with Crippen LogP contribution in [0.2, 0.25) is 0 Å². The molecule has 0 saturated heterocycles. The molecule has 0 aliphatic carbocycles. The van der Waals surface area contributed by atoms with Gasteiger partial charge in [-0.2, -0.15) is 0 Å². The number of nitrogens with zero attached hydrogens (tertiary/aromatic N) is 2. The van der Waals surface area contributed by atoms with E-state index in [1.807, 2.05) is 12.1 Å². The van der Waals surface area contributed by atoms with Crippen LogP contribution in [0.4, 0.5) is 11.4 Å². The first-order chi connectivity index (χ1) is 9.75. The van der Waals surface area contributed by atoms with Gasteiger partial charge in [0.25, 0.3) is 5.69 Å². The van der Waals surface area contributed by atoms with Crippen LogP contribution < -0.4 is 5.32 Å². The Bertz CT molecular complexity index is 753. The number of nitro benzene ring substituents is 1. The van der Waals surface area contributed by atoms with E-state index in [2.05, 4.69) is 10.3 Å². The number of furan rings is 1. The number of hydrogen-bond acceptors (Lipinski definition) is 5. The fraction of sp³-hybridized carbons (Fsp3) is 0.0714. The molecule has 6 heteroatoms. The number of non-ortho nitro benzene ring substituents is 1. The van der Waals surface area contributed by atoms with E-state index in [9.17, 15) is 10.1 Å². The standard InChI is InChI=1S/C14H11N3O3/c18-17(19)13-3-1-2-11-12(4-6-15-14(11)13)16-8-10-5-7-20-9-10/h1-7,9H,8H2,(H,15,16). The van der Waals surface area contributed by atoms with Gasteiger partial charge in [0.2, 0.25) is 0 Å². The lowest BCUT2D eigenvalue weighted by Gasteiger charge is -2.08. The van der Waals surface area contributed by atoms with Gasteiger partial charge in [0.05, 0.1) is 17.4 Å². The molecular weight excluding hydrogens is 258 g/mol. The maximum Gasteiger partial charge on any atom is 0.295 e. The molecule has 0 atom stereocenters. The molecule has 2 aromatic heterocycles. The zero-order valence-electron chi connectivity index (χ0n) is 10.4. The van der Waals surface area contributed by atoms with E-state index in [1.54, 1.807) is 30.9 Å². The first kappa shape index (κ1) is 12.2. The summed E-state index contributed by atoms with van der Waals surface area (Å²) in [7, 11) is 0. The van der Waals surface area contributed by atoms with Crippen LogP contribution in [0, 0.1) is 10.1 Å². The van der Waals surface area contributed by atoms with Gasteiger partial charge in [-0.1, -0.05) is 12.1 Å². The van der Waals surface area contributed by atoms with E-state index in [0.29, 0.717) is 12.1 Å². The molecule has 3 rings (SSSR count). The minimum Gasteiger partial charge on any atom is -0.472 e. The van der Waals surface area contributed by atoms with E-state index in [-0.39, 0.29) is 5.69 Å². The summed E-state index contributed by atoms with van der Waals surface area (Å²) in [6.45, 7) is 0.582. The Kier molecular flexibility index (Phi) is 3.04. The Balaban J connectivity index is 1.99. The van der Waals surface area contributed by atoms with Crippen molar-refractivity contribution in [2.24, 2.45) is 0 Å². The number of aromatic nitrogens is 1. The van der Waals surface area contributed by atoms with Crippen molar-refractivity contribution in [1.29, 1.82) is 0 Å². The van der Waals surface area contributed by atoms with Crippen molar-refractivity contribution in [1.82, 2.24) is 4.98 Å². The van der Waals surface area contributed by atoms with Crippen molar-refractivity contribution in [3.63, 3.8) is 0 Å². The highest BCUT2D eigenvalue weighted by molar-refractivity contribution is 5.96. The number of anilines is 1. The molecule has 1 aromatic carbocycles. The summed E-state index contributed by atoms with van der Waals surface area (Å²) in [6, 6.07) is 8.58. The summed E-state index contributed by atoms with van der Waals surface area (Å²) >= 11 is 0. The zero-order chi connectivity index (χ0) is 13.9. The highest BCUT2D eigenvalue weighted by atomic mass is 16.6. The molecule has 0 bridgehead atoms. The number of fused-ring (bicyclic) bond motifs is 1. The predicted octanol–water partition coefficient (Wildman–Crippen LogP) is 3.35. The Morgan fingerprint density at radius 1 is 1.30 bits per heavy atom.